The smallest absolute Gasteiger partial charge is 0.252 e. The summed E-state index contributed by atoms with van der Waals surface area (Å²) in [6.45, 7) is 1.82. The highest BCUT2D eigenvalue weighted by atomic mass is 79.9. The van der Waals surface area contributed by atoms with Gasteiger partial charge in [-0.05, 0) is 52.5 Å². The Labute approximate surface area is 135 Å². The van der Waals surface area contributed by atoms with Crippen LogP contribution in [0.1, 0.15) is 22.2 Å². The third-order valence-electron chi connectivity index (χ3n) is 3.06. The number of halogens is 1. The Morgan fingerprint density at radius 1 is 1.48 bits per heavy atom. The summed E-state index contributed by atoms with van der Waals surface area (Å²) in [5.41, 5.74) is -0.619. The van der Waals surface area contributed by atoms with Crippen molar-refractivity contribution >= 4 is 33.2 Å². The first-order chi connectivity index (χ1) is 9.94. The molecule has 0 aliphatic rings. The maximum atomic E-state index is 12.2. The molecule has 112 valence electrons. The van der Waals surface area contributed by atoms with Gasteiger partial charge < -0.3 is 15.2 Å². The molecule has 2 rings (SSSR count). The fourth-order valence-corrected chi connectivity index (χ4v) is 3.04. The molecule has 2 aromatic rings. The van der Waals surface area contributed by atoms with Crippen LogP contribution < -0.4 is 10.1 Å². The highest BCUT2D eigenvalue weighted by Crippen LogP contribution is 2.25. The number of carbonyl (C=O) groups excluding carboxylic acids is 1. The van der Waals surface area contributed by atoms with E-state index in [0.717, 1.165) is 4.88 Å². The van der Waals surface area contributed by atoms with Crippen LogP contribution in [0.3, 0.4) is 0 Å². The molecule has 0 bridgehead atoms. The van der Waals surface area contributed by atoms with E-state index in [2.05, 4.69) is 21.2 Å². The van der Waals surface area contributed by atoms with E-state index in [1.807, 2.05) is 17.5 Å². The van der Waals surface area contributed by atoms with Gasteiger partial charge in [0.25, 0.3) is 5.91 Å². The number of ether oxygens (including phenoxy) is 1. The van der Waals surface area contributed by atoms with Gasteiger partial charge in [0.05, 0.1) is 19.2 Å². The van der Waals surface area contributed by atoms with Crippen molar-refractivity contribution in [2.45, 2.75) is 12.5 Å². The molecule has 0 radical (unpaired) electrons. The Bertz CT molecular complexity index is 626. The van der Waals surface area contributed by atoms with Crippen LogP contribution in [0, 0.1) is 0 Å². The average Bonchev–Trinajstić information content (AvgIpc) is 3.00. The van der Waals surface area contributed by atoms with Crippen LogP contribution in [0.2, 0.25) is 0 Å². The molecule has 21 heavy (non-hydrogen) atoms. The molecule has 0 aliphatic heterocycles. The molecule has 0 saturated heterocycles. The summed E-state index contributed by atoms with van der Waals surface area (Å²) in [5.74, 6) is 0.339. The highest BCUT2D eigenvalue weighted by molar-refractivity contribution is 9.10. The zero-order chi connectivity index (χ0) is 15.5. The van der Waals surface area contributed by atoms with Crippen LogP contribution >= 0.6 is 27.3 Å². The van der Waals surface area contributed by atoms with Gasteiger partial charge in [0.2, 0.25) is 0 Å². The van der Waals surface area contributed by atoms with Crippen LogP contribution in [0.4, 0.5) is 0 Å². The Morgan fingerprint density at radius 3 is 2.86 bits per heavy atom. The molecule has 1 aromatic heterocycles. The van der Waals surface area contributed by atoms with Gasteiger partial charge in [-0.2, -0.15) is 0 Å². The predicted octanol–water partition coefficient (Wildman–Crippen LogP) is 3.16. The number of rotatable bonds is 5. The number of nitrogens with one attached hydrogen (secondary N) is 1. The first-order valence-electron chi connectivity index (χ1n) is 6.32. The third-order valence-corrected chi connectivity index (χ3v) is 4.88. The monoisotopic (exact) mass is 369 g/mol. The summed E-state index contributed by atoms with van der Waals surface area (Å²) in [5, 5.41) is 15.0. The summed E-state index contributed by atoms with van der Waals surface area (Å²) in [4.78, 5) is 13.1. The Morgan fingerprint density at radius 2 is 2.24 bits per heavy atom. The molecule has 1 atom stereocenters. The van der Waals surface area contributed by atoms with Gasteiger partial charge in [-0.15, -0.1) is 11.3 Å². The molecule has 1 amide bonds. The van der Waals surface area contributed by atoms with Gasteiger partial charge in [-0.1, -0.05) is 6.07 Å². The lowest BCUT2D eigenvalue weighted by Gasteiger charge is -2.22. The number of benzene rings is 1. The second-order valence-electron chi connectivity index (χ2n) is 4.78. The van der Waals surface area contributed by atoms with Crippen molar-refractivity contribution < 1.29 is 14.6 Å². The molecule has 1 heterocycles. The molecule has 1 aromatic carbocycles. The van der Waals surface area contributed by atoms with Crippen molar-refractivity contribution in [3.8, 4) is 5.75 Å². The molecular formula is C15H16BrNO3S. The summed E-state index contributed by atoms with van der Waals surface area (Å²) < 4.78 is 5.79. The van der Waals surface area contributed by atoms with E-state index in [1.54, 1.807) is 32.2 Å². The maximum absolute atomic E-state index is 12.2. The van der Waals surface area contributed by atoms with E-state index in [4.69, 9.17) is 4.74 Å². The van der Waals surface area contributed by atoms with E-state index < -0.39 is 5.60 Å². The van der Waals surface area contributed by atoms with Crippen molar-refractivity contribution in [1.82, 2.24) is 5.32 Å². The topological polar surface area (TPSA) is 58.6 Å². The zero-order valence-electron chi connectivity index (χ0n) is 11.7. The standard InChI is InChI=1S/C15H16BrNO3S/c1-15(19,13-4-3-7-21-13)9-17-14(18)11-8-10(20-2)5-6-12(11)16/h3-8,19H,9H2,1-2H3,(H,17,18)/t15-/m1/s1. The van der Waals surface area contributed by atoms with Crippen LogP contribution in [0.25, 0.3) is 0 Å². The Hall–Kier alpha value is -1.37. The summed E-state index contributed by atoms with van der Waals surface area (Å²) >= 11 is 4.80. The largest absolute Gasteiger partial charge is 0.497 e. The number of amides is 1. The van der Waals surface area contributed by atoms with Crippen molar-refractivity contribution in [1.29, 1.82) is 0 Å². The Balaban J connectivity index is 2.08. The number of hydrogen-bond acceptors (Lipinski definition) is 4. The number of thiophene rings is 1. The number of carbonyl (C=O) groups is 1. The van der Waals surface area contributed by atoms with Crippen molar-refractivity contribution in [2.75, 3.05) is 13.7 Å². The Kier molecular flexibility index (Phi) is 5.03. The van der Waals surface area contributed by atoms with Gasteiger partial charge in [-0.25, -0.2) is 0 Å². The summed E-state index contributed by atoms with van der Waals surface area (Å²) in [6, 6.07) is 8.89. The van der Waals surface area contributed by atoms with E-state index >= 15 is 0 Å². The minimum atomic E-state index is -1.09. The second kappa shape index (κ2) is 6.60. The van der Waals surface area contributed by atoms with Gasteiger partial charge in [0.1, 0.15) is 11.4 Å². The number of hydrogen-bond donors (Lipinski definition) is 2. The van der Waals surface area contributed by atoms with Gasteiger partial charge in [-0.3, -0.25) is 4.79 Å². The fourth-order valence-electron chi connectivity index (χ4n) is 1.83. The van der Waals surface area contributed by atoms with Crippen LogP contribution in [-0.2, 0) is 5.60 Å². The van der Waals surface area contributed by atoms with Crippen LogP contribution in [0.15, 0.2) is 40.2 Å². The summed E-state index contributed by atoms with van der Waals surface area (Å²) in [6.07, 6.45) is 0. The molecule has 0 unspecified atom stereocenters. The quantitative estimate of drug-likeness (QED) is 0.850. The van der Waals surface area contributed by atoms with E-state index in [9.17, 15) is 9.90 Å². The van der Waals surface area contributed by atoms with Gasteiger partial charge in [0.15, 0.2) is 0 Å². The predicted molar refractivity (Wildman–Crippen MR) is 86.9 cm³/mol. The van der Waals surface area contributed by atoms with E-state index in [1.165, 1.54) is 11.3 Å². The van der Waals surface area contributed by atoms with Crippen LogP contribution in [-0.4, -0.2) is 24.7 Å². The van der Waals surface area contributed by atoms with E-state index in [0.29, 0.717) is 15.8 Å². The lowest BCUT2D eigenvalue weighted by Crippen LogP contribution is -2.38. The lowest BCUT2D eigenvalue weighted by molar-refractivity contribution is 0.0556. The highest BCUT2D eigenvalue weighted by Gasteiger charge is 2.25. The van der Waals surface area contributed by atoms with Crippen molar-refractivity contribution in [2.24, 2.45) is 0 Å². The number of methoxy groups -OCH3 is 1. The minimum absolute atomic E-state index is 0.135. The summed E-state index contributed by atoms with van der Waals surface area (Å²) in [7, 11) is 1.55. The van der Waals surface area contributed by atoms with E-state index in [-0.39, 0.29) is 12.5 Å². The van der Waals surface area contributed by atoms with Gasteiger partial charge in [0, 0.05) is 9.35 Å². The van der Waals surface area contributed by atoms with Gasteiger partial charge >= 0.3 is 0 Å². The van der Waals surface area contributed by atoms with Crippen molar-refractivity contribution in [3.63, 3.8) is 0 Å². The third kappa shape index (κ3) is 3.84. The normalized spacial score (nSPS) is 13.5. The second-order valence-corrected chi connectivity index (χ2v) is 6.58. The molecule has 6 heteroatoms. The SMILES string of the molecule is COc1ccc(Br)c(C(=O)NC[C@@](C)(O)c2cccs2)c1. The maximum Gasteiger partial charge on any atom is 0.252 e. The first-order valence-corrected chi connectivity index (χ1v) is 7.99. The molecule has 0 fully saturated rings. The average molecular weight is 370 g/mol. The molecule has 0 spiro atoms. The van der Waals surface area contributed by atoms with Crippen LogP contribution in [0.5, 0.6) is 5.75 Å². The fraction of sp³-hybridized carbons (Fsp3) is 0.267. The van der Waals surface area contributed by atoms with Crippen molar-refractivity contribution in [3.05, 3.63) is 50.6 Å². The molecule has 2 N–H and O–H groups in total. The molecule has 4 nitrogen and oxygen atoms in total. The first kappa shape index (κ1) is 16.0. The lowest BCUT2D eigenvalue weighted by atomic mass is 10.0. The molecule has 0 saturated carbocycles. The number of aliphatic hydroxyl groups is 1. The molecular weight excluding hydrogens is 354 g/mol. The zero-order valence-corrected chi connectivity index (χ0v) is 14.1. The minimum Gasteiger partial charge on any atom is -0.497 e. The molecule has 0 aliphatic carbocycles.